The molecule has 32 heavy (non-hydrogen) atoms. The second-order valence-electron chi connectivity index (χ2n) is 7.79. The summed E-state index contributed by atoms with van der Waals surface area (Å²) in [6.45, 7) is 3.72. The molecule has 0 spiro atoms. The summed E-state index contributed by atoms with van der Waals surface area (Å²) < 4.78 is 5.28. The van der Waals surface area contributed by atoms with E-state index in [4.69, 9.17) is 4.74 Å². The van der Waals surface area contributed by atoms with Crippen molar-refractivity contribution in [1.29, 1.82) is 0 Å². The van der Waals surface area contributed by atoms with Gasteiger partial charge in [-0.3, -0.25) is 14.5 Å². The van der Waals surface area contributed by atoms with Crippen molar-refractivity contribution in [1.82, 2.24) is 0 Å². The molecule has 3 aromatic carbocycles. The first-order valence-corrected chi connectivity index (χ1v) is 10.1. The van der Waals surface area contributed by atoms with Gasteiger partial charge in [0.25, 0.3) is 11.7 Å². The number of aliphatic hydroxyl groups excluding tert-OH is 1. The lowest BCUT2D eigenvalue weighted by molar-refractivity contribution is -0.132. The highest BCUT2D eigenvalue weighted by atomic mass is 16.5. The van der Waals surface area contributed by atoms with Gasteiger partial charge >= 0.3 is 0 Å². The van der Waals surface area contributed by atoms with Gasteiger partial charge in [0.2, 0.25) is 0 Å². The summed E-state index contributed by atoms with van der Waals surface area (Å²) in [7, 11) is 1.55. The first-order valence-electron chi connectivity index (χ1n) is 10.1. The quantitative estimate of drug-likeness (QED) is 0.358. The molecular weight excluding hydrogens is 406 g/mol. The molecular formula is C26H23NO5. The third-order valence-electron chi connectivity index (χ3n) is 5.58. The molecule has 4 rings (SSSR count). The van der Waals surface area contributed by atoms with Crippen molar-refractivity contribution in [2.24, 2.45) is 0 Å². The zero-order valence-corrected chi connectivity index (χ0v) is 18.0. The third-order valence-corrected chi connectivity index (χ3v) is 5.58. The number of methoxy groups -OCH3 is 1. The number of carbonyl (C=O) groups is 2. The fraction of sp³-hybridized carbons (Fsp3) is 0.154. The number of anilines is 1. The van der Waals surface area contributed by atoms with Gasteiger partial charge in [0.05, 0.1) is 18.7 Å². The number of phenolic OH excluding ortho intramolecular Hbond substituents is 1. The van der Waals surface area contributed by atoms with Crippen LogP contribution in [0.4, 0.5) is 5.69 Å². The molecule has 6 nitrogen and oxygen atoms in total. The number of aryl methyl sites for hydroxylation is 2. The van der Waals surface area contributed by atoms with Crippen LogP contribution in [0.5, 0.6) is 11.5 Å². The standard InChI is InChI=1S/C26H23NO5/c1-15-6-4-8-19(12-15)27-23(17-7-5-9-20(28)14-17)22(25(30)26(27)31)24(29)18-10-11-21(32-3)16(2)13-18/h4-14,23,28-29H,1-3H3/b24-22-. The zero-order chi connectivity index (χ0) is 23.0. The minimum atomic E-state index is -0.897. The molecule has 1 unspecified atom stereocenters. The fourth-order valence-electron chi connectivity index (χ4n) is 4.07. The first-order chi connectivity index (χ1) is 15.3. The summed E-state index contributed by atoms with van der Waals surface area (Å²) in [5.41, 5.74) is 3.11. The van der Waals surface area contributed by atoms with E-state index in [0.29, 0.717) is 22.6 Å². The monoisotopic (exact) mass is 429 g/mol. The number of carbonyl (C=O) groups excluding carboxylic acids is 2. The Morgan fingerprint density at radius 2 is 1.72 bits per heavy atom. The molecule has 0 bridgehead atoms. The summed E-state index contributed by atoms with van der Waals surface area (Å²) in [5.74, 6) is -1.16. The second-order valence-corrected chi connectivity index (χ2v) is 7.79. The lowest BCUT2D eigenvalue weighted by Crippen LogP contribution is -2.29. The topological polar surface area (TPSA) is 87.1 Å². The number of rotatable bonds is 4. The predicted octanol–water partition coefficient (Wildman–Crippen LogP) is 4.64. The van der Waals surface area contributed by atoms with Crippen LogP contribution in [0.3, 0.4) is 0 Å². The van der Waals surface area contributed by atoms with E-state index >= 15 is 0 Å². The molecule has 1 aliphatic heterocycles. The first kappa shape index (κ1) is 21.2. The van der Waals surface area contributed by atoms with E-state index in [2.05, 4.69) is 0 Å². The second kappa shape index (κ2) is 8.23. The summed E-state index contributed by atoms with van der Waals surface area (Å²) >= 11 is 0. The highest BCUT2D eigenvalue weighted by molar-refractivity contribution is 6.51. The summed E-state index contributed by atoms with van der Waals surface area (Å²) in [4.78, 5) is 27.7. The van der Waals surface area contributed by atoms with Gasteiger partial charge in [-0.1, -0.05) is 24.3 Å². The van der Waals surface area contributed by atoms with Crippen molar-refractivity contribution in [3.63, 3.8) is 0 Å². The lowest BCUT2D eigenvalue weighted by Gasteiger charge is -2.26. The van der Waals surface area contributed by atoms with Crippen LogP contribution in [0.15, 0.2) is 72.3 Å². The lowest BCUT2D eigenvalue weighted by atomic mass is 9.94. The average molecular weight is 429 g/mol. The number of hydrogen-bond acceptors (Lipinski definition) is 5. The number of amides is 1. The van der Waals surface area contributed by atoms with E-state index in [-0.39, 0.29) is 17.1 Å². The highest BCUT2D eigenvalue weighted by Crippen LogP contribution is 2.43. The summed E-state index contributed by atoms with van der Waals surface area (Å²) in [6.07, 6.45) is 0. The molecule has 1 atom stereocenters. The maximum absolute atomic E-state index is 13.2. The van der Waals surface area contributed by atoms with Gasteiger partial charge in [0.1, 0.15) is 17.3 Å². The van der Waals surface area contributed by atoms with Crippen LogP contribution >= 0.6 is 0 Å². The molecule has 0 aliphatic carbocycles. The Hall–Kier alpha value is -4.06. The normalized spacial score (nSPS) is 17.6. The van der Waals surface area contributed by atoms with Crippen LogP contribution in [0.1, 0.15) is 28.3 Å². The van der Waals surface area contributed by atoms with Crippen LogP contribution < -0.4 is 9.64 Å². The number of aliphatic hydroxyl groups is 1. The van der Waals surface area contributed by atoms with Crippen molar-refractivity contribution in [3.8, 4) is 11.5 Å². The molecule has 3 aromatic rings. The van der Waals surface area contributed by atoms with Crippen LogP contribution in [-0.2, 0) is 9.59 Å². The Labute approximate surface area is 186 Å². The van der Waals surface area contributed by atoms with E-state index in [9.17, 15) is 19.8 Å². The minimum Gasteiger partial charge on any atom is -0.508 e. The Morgan fingerprint density at radius 3 is 2.38 bits per heavy atom. The Balaban J connectivity index is 1.95. The van der Waals surface area contributed by atoms with Crippen LogP contribution in [0, 0.1) is 13.8 Å². The molecule has 2 N–H and O–H groups in total. The molecule has 1 saturated heterocycles. The molecule has 0 aromatic heterocycles. The minimum absolute atomic E-state index is 0.00220. The van der Waals surface area contributed by atoms with Gasteiger partial charge in [0, 0.05) is 11.3 Å². The van der Waals surface area contributed by atoms with E-state index < -0.39 is 17.7 Å². The number of ketones is 1. The average Bonchev–Trinajstić information content (AvgIpc) is 3.04. The smallest absolute Gasteiger partial charge is 0.300 e. The largest absolute Gasteiger partial charge is 0.508 e. The van der Waals surface area contributed by atoms with Gasteiger partial charge in [-0.15, -0.1) is 0 Å². The van der Waals surface area contributed by atoms with Crippen LogP contribution in [0.25, 0.3) is 5.76 Å². The molecule has 1 fully saturated rings. The Bertz CT molecular complexity index is 1260. The van der Waals surface area contributed by atoms with E-state index in [1.807, 2.05) is 19.9 Å². The molecule has 0 saturated carbocycles. The molecule has 0 radical (unpaired) electrons. The predicted molar refractivity (Wildman–Crippen MR) is 122 cm³/mol. The SMILES string of the molecule is COc1ccc(/C(O)=C2/C(=O)C(=O)N(c3cccc(C)c3)C2c2cccc(O)c2)cc1C. The number of nitrogens with zero attached hydrogens (tertiary/aromatic N) is 1. The van der Waals surface area contributed by atoms with Gasteiger partial charge in [-0.25, -0.2) is 0 Å². The van der Waals surface area contributed by atoms with Crippen LogP contribution in [0.2, 0.25) is 0 Å². The maximum Gasteiger partial charge on any atom is 0.300 e. The molecule has 162 valence electrons. The van der Waals surface area contributed by atoms with Gasteiger partial charge in [0.15, 0.2) is 0 Å². The van der Waals surface area contributed by atoms with E-state index in [1.165, 1.54) is 17.0 Å². The highest BCUT2D eigenvalue weighted by Gasteiger charge is 2.47. The number of hydrogen-bond donors (Lipinski definition) is 2. The van der Waals surface area contributed by atoms with Crippen molar-refractivity contribution < 1.29 is 24.5 Å². The summed E-state index contributed by atoms with van der Waals surface area (Å²) in [5, 5.41) is 21.3. The molecule has 1 aliphatic rings. The van der Waals surface area contributed by atoms with Crippen LogP contribution in [-0.4, -0.2) is 29.0 Å². The Morgan fingerprint density at radius 1 is 0.969 bits per heavy atom. The number of aromatic hydroxyl groups is 1. The number of phenols is 1. The number of Topliss-reactive ketones (excluding diaryl/α,β-unsaturated/α-hetero) is 1. The van der Waals surface area contributed by atoms with Crippen molar-refractivity contribution >= 4 is 23.1 Å². The maximum atomic E-state index is 13.2. The van der Waals surface area contributed by atoms with Crippen molar-refractivity contribution in [3.05, 3.63) is 94.6 Å². The molecule has 1 amide bonds. The van der Waals surface area contributed by atoms with E-state index in [0.717, 1.165) is 11.1 Å². The van der Waals surface area contributed by atoms with Gasteiger partial charge in [-0.2, -0.15) is 0 Å². The van der Waals surface area contributed by atoms with Crippen molar-refractivity contribution in [2.45, 2.75) is 19.9 Å². The van der Waals surface area contributed by atoms with Crippen molar-refractivity contribution in [2.75, 3.05) is 12.0 Å². The third kappa shape index (κ3) is 3.60. The van der Waals surface area contributed by atoms with Gasteiger partial charge < -0.3 is 14.9 Å². The molecule has 1 heterocycles. The fourth-order valence-corrected chi connectivity index (χ4v) is 4.07. The summed E-state index contributed by atoms with van der Waals surface area (Å²) in [6, 6.07) is 17.7. The number of ether oxygens (including phenoxy) is 1. The van der Waals surface area contributed by atoms with E-state index in [1.54, 1.807) is 55.6 Å². The zero-order valence-electron chi connectivity index (χ0n) is 18.0. The Kier molecular flexibility index (Phi) is 5.45. The molecule has 6 heteroatoms. The number of benzene rings is 3. The van der Waals surface area contributed by atoms with Gasteiger partial charge in [-0.05, 0) is 73.0 Å².